The summed E-state index contributed by atoms with van der Waals surface area (Å²) in [5, 5.41) is 7.14. The van der Waals surface area contributed by atoms with Crippen LogP contribution >= 0.6 is 11.6 Å². The van der Waals surface area contributed by atoms with Gasteiger partial charge in [-0.05, 0) is 45.0 Å². The number of benzene rings is 1. The van der Waals surface area contributed by atoms with E-state index in [4.69, 9.17) is 11.6 Å². The Morgan fingerprint density at radius 2 is 1.79 bits per heavy atom. The monoisotopic (exact) mass is 276 g/mol. The Labute approximate surface area is 118 Å². The molecule has 0 fully saturated rings. The first-order valence-corrected chi connectivity index (χ1v) is 6.55. The van der Waals surface area contributed by atoms with Gasteiger partial charge in [-0.15, -0.1) is 0 Å². The third-order valence-corrected chi connectivity index (χ3v) is 2.64. The lowest BCUT2D eigenvalue weighted by molar-refractivity contribution is 0.885. The summed E-state index contributed by atoms with van der Waals surface area (Å²) in [6.07, 6.45) is 0. The van der Waals surface area contributed by atoms with Crippen LogP contribution in [0.4, 0.5) is 17.5 Å². The number of anilines is 3. The van der Waals surface area contributed by atoms with Crippen molar-refractivity contribution in [2.24, 2.45) is 0 Å². The lowest BCUT2D eigenvalue weighted by atomic mass is 10.3. The Kier molecular flexibility index (Phi) is 4.22. The smallest absolute Gasteiger partial charge is 0.229 e. The fourth-order valence-corrected chi connectivity index (χ4v) is 1.78. The van der Waals surface area contributed by atoms with Gasteiger partial charge in [0.2, 0.25) is 5.95 Å². The van der Waals surface area contributed by atoms with Crippen molar-refractivity contribution in [1.82, 2.24) is 9.97 Å². The van der Waals surface area contributed by atoms with Gasteiger partial charge in [0.15, 0.2) is 0 Å². The van der Waals surface area contributed by atoms with Gasteiger partial charge in [0, 0.05) is 28.5 Å². The molecule has 19 heavy (non-hydrogen) atoms. The van der Waals surface area contributed by atoms with E-state index in [0.29, 0.717) is 17.0 Å². The molecule has 0 unspecified atom stereocenters. The SMILES string of the molecule is Cc1cc(NC(C)C)nc(Nc2ccc(Cl)cc2)n1. The van der Waals surface area contributed by atoms with E-state index < -0.39 is 0 Å². The van der Waals surface area contributed by atoms with Gasteiger partial charge in [-0.25, -0.2) is 4.98 Å². The molecule has 0 aliphatic heterocycles. The maximum atomic E-state index is 5.85. The molecule has 1 aromatic carbocycles. The zero-order chi connectivity index (χ0) is 13.8. The van der Waals surface area contributed by atoms with E-state index >= 15 is 0 Å². The maximum Gasteiger partial charge on any atom is 0.229 e. The van der Waals surface area contributed by atoms with E-state index in [1.54, 1.807) is 0 Å². The minimum Gasteiger partial charge on any atom is -0.368 e. The van der Waals surface area contributed by atoms with Crippen LogP contribution in [0.1, 0.15) is 19.5 Å². The van der Waals surface area contributed by atoms with Crippen LogP contribution in [0.3, 0.4) is 0 Å². The molecule has 2 N–H and O–H groups in total. The molecule has 2 aromatic rings. The fourth-order valence-electron chi connectivity index (χ4n) is 1.66. The molecular weight excluding hydrogens is 260 g/mol. The normalized spacial score (nSPS) is 10.6. The van der Waals surface area contributed by atoms with Gasteiger partial charge >= 0.3 is 0 Å². The predicted octanol–water partition coefficient (Wildman–Crippen LogP) is 4.00. The second kappa shape index (κ2) is 5.89. The van der Waals surface area contributed by atoms with E-state index in [1.165, 1.54) is 0 Å². The van der Waals surface area contributed by atoms with Gasteiger partial charge in [0.1, 0.15) is 5.82 Å². The maximum absolute atomic E-state index is 5.85. The van der Waals surface area contributed by atoms with E-state index in [9.17, 15) is 0 Å². The summed E-state index contributed by atoms with van der Waals surface area (Å²) in [4.78, 5) is 8.79. The minimum absolute atomic E-state index is 0.331. The first-order valence-electron chi connectivity index (χ1n) is 6.18. The Bertz CT molecular complexity index is 552. The van der Waals surface area contributed by atoms with Gasteiger partial charge in [-0.3, -0.25) is 0 Å². The number of aryl methyl sites for hydroxylation is 1. The summed E-state index contributed by atoms with van der Waals surface area (Å²) < 4.78 is 0. The molecule has 1 heterocycles. The Hall–Kier alpha value is -1.81. The molecule has 0 bridgehead atoms. The fraction of sp³-hybridized carbons (Fsp3) is 0.286. The van der Waals surface area contributed by atoms with Gasteiger partial charge in [-0.1, -0.05) is 11.6 Å². The highest BCUT2D eigenvalue weighted by Gasteiger charge is 2.04. The number of halogens is 1. The number of nitrogens with zero attached hydrogens (tertiary/aromatic N) is 2. The molecule has 100 valence electrons. The summed E-state index contributed by atoms with van der Waals surface area (Å²) in [6.45, 7) is 6.09. The second-order valence-electron chi connectivity index (χ2n) is 4.65. The average Bonchev–Trinajstić information content (AvgIpc) is 2.30. The quantitative estimate of drug-likeness (QED) is 0.886. The van der Waals surface area contributed by atoms with Gasteiger partial charge < -0.3 is 10.6 Å². The zero-order valence-electron chi connectivity index (χ0n) is 11.2. The van der Waals surface area contributed by atoms with Crippen molar-refractivity contribution in [3.63, 3.8) is 0 Å². The lowest BCUT2D eigenvalue weighted by Crippen LogP contribution is -2.12. The van der Waals surface area contributed by atoms with Crippen molar-refractivity contribution in [2.75, 3.05) is 10.6 Å². The summed E-state index contributed by atoms with van der Waals surface area (Å²) in [5.74, 6) is 1.39. The van der Waals surface area contributed by atoms with E-state index in [0.717, 1.165) is 17.2 Å². The summed E-state index contributed by atoms with van der Waals surface area (Å²) >= 11 is 5.85. The summed E-state index contributed by atoms with van der Waals surface area (Å²) in [7, 11) is 0. The summed E-state index contributed by atoms with van der Waals surface area (Å²) in [6, 6.07) is 9.69. The number of hydrogen-bond donors (Lipinski definition) is 2. The van der Waals surface area contributed by atoms with E-state index in [1.807, 2.05) is 37.3 Å². The van der Waals surface area contributed by atoms with Gasteiger partial charge in [0.05, 0.1) is 0 Å². The first-order chi connectivity index (χ1) is 9.02. The Balaban J connectivity index is 2.19. The Morgan fingerprint density at radius 3 is 2.42 bits per heavy atom. The van der Waals surface area contributed by atoms with Crippen molar-refractivity contribution in [1.29, 1.82) is 0 Å². The van der Waals surface area contributed by atoms with Gasteiger partial charge in [0.25, 0.3) is 0 Å². The van der Waals surface area contributed by atoms with Crippen molar-refractivity contribution in [2.45, 2.75) is 26.8 Å². The van der Waals surface area contributed by atoms with Crippen molar-refractivity contribution >= 4 is 29.1 Å². The van der Waals surface area contributed by atoms with Crippen LogP contribution in [0.2, 0.25) is 5.02 Å². The number of aromatic nitrogens is 2. The lowest BCUT2D eigenvalue weighted by Gasteiger charge is -2.12. The van der Waals surface area contributed by atoms with Crippen LogP contribution in [0.25, 0.3) is 0 Å². The molecule has 0 saturated carbocycles. The van der Waals surface area contributed by atoms with Crippen LogP contribution in [-0.4, -0.2) is 16.0 Å². The Morgan fingerprint density at radius 1 is 1.11 bits per heavy atom. The molecule has 1 aromatic heterocycles. The highest BCUT2D eigenvalue weighted by atomic mass is 35.5. The molecule has 0 saturated heterocycles. The average molecular weight is 277 g/mol. The van der Waals surface area contributed by atoms with Gasteiger partial charge in [-0.2, -0.15) is 4.98 Å². The minimum atomic E-state index is 0.331. The van der Waals surface area contributed by atoms with E-state index in [-0.39, 0.29) is 0 Å². The standard InChI is InChI=1S/C14H17ClN4/c1-9(2)16-13-8-10(3)17-14(19-13)18-12-6-4-11(15)5-7-12/h4-9H,1-3H3,(H2,16,17,18,19). The second-order valence-corrected chi connectivity index (χ2v) is 5.09. The van der Waals surface area contributed by atoms with Crippen molar-refractivity contribution in [3.05, 3.63) is 41.0 Å². The van der Waals surface area contributed by atoms with E-state index in [2.05, 4.69) is 34.4 Å². The number of hydrogen-bond acceptors (Lipinski definition) is 4. The molecule has 0 spiro atoms. The largest absolute Gasteiger partial charge is 0.368 e. The van der Waals surface area contributed by atoms with Crippen LogP contribution in [-0.2, 0) is 0 Å². The van der Waals surface area contributed by atoms with Crippen molar-refractivity contribution < 1.29 is 0 Å². The zero-order valence-corrected chi connectivity index (χ0v) is 12.0. The third kappa shape index (κ3) is 4.10. The molecule has 0 aliphatic carbocycles. The number of nitrogens with one attached hydrogen (secondary N) is 2. The molecule has 0 amide bonds. The third-order valence-electron chi connectivity index (χ3n) is 2.39. The molecule has 4 nitrogen and oxygen atoms in total. The molecule has 0 aliphatic rings. The molecular formula is C14H17ClN4. The first kappa shape index (κ1) is 13.6. The summed E-state index contributed by atoms with van der Waals surface area (Å²) in [5.41, 5.74) is 1.82. The molecule has 0 radical (unpaired) electrons. The van der Waals surface area contributed by atoms with Crippen molar-refractivity contribution in [3.8, 4) is 0 Å². The van der Waals surface area contributed by atoms with Crippen LogP contribution in [0, 0.1) is 6.92 Å². The highest BCUT2D eigenvalue weighted by molar-refractivity contribution is 6.30. The highest BCUT2D eigenvalue weighted by Crippen LogP contribution is 2.18. The number of rotatable bonds is 4. The molecule has 0 atom stereocenters. The molecule has 2 rings (SSSR count). The molecule has 5 heteroatoms. The predicted molar refractivity (Wildman–Crippen MR) is 80.3 cm³/mol. The van der Waals surface area contributed by atoms with Crippen LogP contribution in [0.5, 0.6) is 0 Å². The topological polar surface area (TPSA) is 49.8 Å². The van der Waals surface area contributed by atoms with Crippen LogP contribution in [0.15, 0.2) is 30.3 Å². The van der Waals surface area contributed by atoms with Crippen LogP contribution < -0.4 is 10.6 Å².